The van der Waals surface area contributed by atoms with Gasteiger partial charge in [0.15, 0.2) is 0 Å². The first-order chi connectivity index (χ1) is 8.85. The molecule has 2 heteroatoms. The molecule has 0 saturated carbocycles. The summed E-state index contributed by atoms with van der Waals surface area (Å²) in [6, 6.07) is 0. The van der Waals surface area contributed by atoms with Crippen LogP contribution in [0.2, 0.25) is 0 Å². The molecule has 0 aliphatic carbocycles. The third kappa shape index (κ3) is 2.22. The van der Waals surface area contributed by atoms with Gasteiger partial charge in [0.2, 0.25) is 0 Å². The average molecular weight is 250 g/mol. The zero-order chi connectivity index (χ0) is 12.4. The Morgan fingerprint density at radius 1 is 1.06 bits per heavy atom. The molecule has 4 aliphatic heterocycles. The number of unbranched alkanes of at least 4 members (excludes halogenated alkanes) is 3. The summed E-state index contributed by atoms with van der Waals surface area (Å²) < 4.78 is 0. The topological polar surface area (TPSA) is 6.48 Å². The quantitative estimate of drug-likeness (QED) is 0.692. The minimum Gasteiger partial charge on any atom is -0.301 e. The third-order valence-electron chi connectivity index (χ3n) is 5.79. The molecule has 0 radical (unpaired) electrons. The molecular weight excluding hydrogens is 220 g/mol. The van der Waals surface area contributed by atoms with Crippen molar-refractivity contribution in [3.05, 3.63) is 0 Å². The van der Waals surface area contributed by atoms with E-state index in [0.717, 1.165) is 5.92 Å². The lowest BCUT2D eigenvalue weighted by molar-refractivity contribution is -0.0512. The van der Waals surface area contributed by atoms with Crippen LogP contribution in [0.25, 0.3) is 0 Å². The standard InChI is InChI=1S/C16H30N2/c1-2-3-4-5-10-18-11-6-9-16(18)14-17-12-7-15(16)8-13-17/h15H,2-14H2,1H3. The summed E-state index contributed by atoms with van der Waals surface area (Å²) in [5, 5.41) is 0. The van der Waals surface area contributed by atoms with E-state index in [0.29, 0.717) is 5.54 Å². The molecule has 0 aromatic heterocycles. The Morgan fingerprint density at radius 3 is 2.56 bits per heavy atom. The Bertz CT molecular complexity index is 270. The molecule has 0 aromatic rings. The first-order valence-corrected chi connectivity index (χ1v) is 8.32. The molecule has 2 nitrogen and oxygen atoms in total. The Kier molecular flexibility index (Phi) is 3.95. The normalized spacial score (nSPS) is 39.8. The van der Waals surface area contributed by atoms with Crippen molar-refractivity contribution >= 4 is 0 Å². The van der Waals surface area contributed by atoms with E-state index in [1.165, 1.54) is 84.1 Å². The smallest absolute Gasteiger partial charge is 0.0365 e. The van der Waals surface area contributed by atoms with Crippen molar-refractivity contribution in [1.29, 1.82) is 0 Å². The summed E-state index contributed by atoms with van der Waals surface area (Å²) in [5.74, 6) is 1.02. The van der Waals surface area contributed by atoms with Crippen LogP contribution < -0.4 is 0 Å². The summed E-state index contributed by atoms with van der Waals surface area (Å²) in [6.45, 7) is 9.24. The summed E-state index contributed by atoms with van der Waals surface area (Å²) in [7, 11) is 0. The minimum absolute atomic E-state index is 0.614. The third-order valence-corrected chi connectivity index (χ3v) is 5.79. The highest BCUT2D eigenvalue weighted by Crippen LogP contribution is 2.45. The predicted octanol–water partition coefficient (Wildman–Crippen LogP) is 3.13. The zero-order valence-electron chi connectivity index (χ0n) is 12.2. The van der Waals surface area contributed by atoms with Gasteiger partial charge in [0, 0.05) is 12.1 Å². The van der Waals surface area contributed by atoms with Crippen LogP contribution in [0.3, 0.4) is 0 Å². The van der Waals surface area contributed by atoms with Crippen molar-refractivity contribution in [2.45, 2.75) is 63.8 Å². The maximum atomic E-state index is 2.90. The van der Waals surface area contributed by atoms with Crippen LogP contribution >= 0.6 is 0 Å². The van der Waals surface area contributed by atoms with Crippen LogP contribution in [0.4, 0.5) is 0 Å². The molecule has 1 spiro atoms. The van der Waals surface area contributed by atoms with Gasteiger partial charge in [0.25, 0.3) is 0 Å². The van der Waals surface area contributed by atoms with Gasteiger partial charge in [-0.15, -0.1) is 0 Å². The molecule has 4 saturated heterocycles. The summed E-state index contributed by atoms with van der Waals surface area (Å²) in [5.41, 5.74) is 0.614. The average Bonchev–Trinajstić information content (AvgIpc) is 2.79. The molecule has 4 fully saturated rings. The van der Waals surface area contributed by atoms with Gasteiger partial charge in [-0.2, -0.15) is 0 Å². The van der Waals surface area contributed by atoms with E-state index in [2.05, 4.69) is 16.7 Å². The van der Waals surface area contributed by atoms with E-state index in [1.54, 1.807) is 0 Å². The SMILES string of the molecule is CCCCCCN1CCCC12CN1CCC2CC1. The molecule has 4 aliphatic rings. The molecule has 2 bridgehead atoms. The molecule has 1 unspecified atom stereocenters. The second kappa shape index (κ2) is 5.50. The second-order valence-corrected chi connectivity index (χ2v) is 6.81. The van der Waals surface area contributed by atoms with Crippen molar-refractivity contribution in [3.63, 3.8) is 0 Å². The van der Waals surface area contributed by atoms with E-state index in [4.69, 9.17) is 0 Å². The van der Waals surface area contributed by atoms with Gasteiger partial charge in [-0.05, 0) is 64.2 Å². The Labute approximate surface area is 113 Å². The van der Waals surface area contributed by atoms with Crippen LogP contribution in [-0.2, 0) is 0 Å². The van der Waals surface area contributed by atoms with E-state index in [-0.39, 0.29) is 0 Å². The van der Waals surface area contributed by atoms with Crippen LogP contribution in [0.1, 0.15) is 58.3 Å². The molecule has 4 heterocycles. The van der Waals surface area contributed by atoms with Gasteiger partial charge in [-0.1, -0.05) is 26.2 Å². The number of likely N-dealkylation sites (tertiary alicyclic amines) is 1. The number of nitrogens with zero attached hydrogens (tertiary/aromatic N) is 2. The summed E-state index contributed by atoms with van der Waals surface area (Å²) >= 11 is 0. The molecule has 0 N–H and O–H groups in total. The van der Waals surface area contributed by atoms with Gasteiger partial charge >= 0.3 is 0 Å². The molecule has 0 aromatic carbocycles. The highest BCUT2D eigenvalue weighted by Gasteiger charge is 2.51. The van der Waals surface area contributed by atoms with Gasteiger partial charge < -0.3 is 4.90 Å². The van der Waals surface area contributed by atoms with Crippen molar-refractivity contribution in [2.24, 2.45) is 5.92 Å². The van der Waals surface area contributed by atoms with Gasteiger partial charge in [-0.25, -0.2) is 0 Å². The fraction of sp³-hybridized carbons (Fsp3) is 1.00. The number of piperidine rings is 3. The first kappa shape index (κ1) is 12.9. The number of hydrogen-bond donors (Lipinski definition) is 0. The monoisotopic (exact) mass is 250 g/mol. The van der Waals surface area contributed by atoms with Crippen LogP contribution in [0, 0.1) is 5.92 Å². The van der Waals surface area contributed by atoms with E-state index in [1.807, 2.05) is 0 Å². The highest BCUT2D eigenvalue weighted by molar-refractivity contribution is 5.07. The van der Waals surface area contributed by atoms with Gasteiger partial charge in [-0.3, -0.25) is 4.90 Å². The van der Waals surface area contributed by atoms with Crippen LogP contribution in [-0.4, -0.2) is 48.1 Å². The van der Waals surface area contributed by atoms with Crippen LogP contribution in [0.5, 0.6) is 0 Å². The molecular formula is C16H30N2. The van der Waals surface area contributed by atoms with Gasteiger partial charge in [0.1, 0.15) is 0 Å². The van der Waals surface area contributed by atoms with E-state index in [9.17, 15) is 0 Å². The Balaban J connectivity index is 1.60. The lowest BCUT2D eigenvalue weighted by Crippen LogP contribution is -2.64. The first-order valence-electron chi connectivity index (χ1n) is 8.32. The number of fused-ring (bicyclic) bond motifs is 2. The van der Waals surface area contributed by atoms with Crippen molar-refractivity contribution < 1.29 is 0 Å². The summed E-state index contributed by atoms with van der Waals surface area (Å²) in [6.07, 6.45) is 11.6. The molecule has 104 valence electrons. The molecule has 4 rings (SSSR count). The Morgan fingerprint density at radius 2 is 1.89 bits per heavy atom. The van der Waals surface area contributed by atoms with Crippen molar-refractivity contribution in [1.82, 2.24) is 9.80 Å². The lowest BCUT2D eigenvalue weighted by atomic mass is 9.71. The Hall–Kier alpha value is -0.0800. The van der Waals surface area contributed by atoms with Crippen molar-refractivity contribution in [3.8, 4) is 0 Å². The highest BCUT2D eigenvalue weighted by atomic mass is 15.3. The molecule has 1 atom stereocenters. The maximum absolute atomic E-state index is 2.90. The fourth-order valence-corrected chi connectivity index (χ4v) is 4.81. The van der Waals surface area contributed by atoms with E-state index < -0.39 is 0 Å². The fourth-order valence-electron chi connectivity index (χ4n) is 4.81. The van der Waals surface area contributed by atoms with Gasteiger partial charge in [0.05, 0.1) is 0 Å². The lowest BCUT2D eigenvalue weighted by Gasteiger charge is -2.55. The van der Waals surface area contributed by atoms with Crippen LogP contribution in [0.15, 0.2) is 0 Å². The second-order valence-electron chi connectivity index (χ2n) is 6.81. The zero-order valence-corrected chi connectivity index (χ0v) is 12.2. The molecule has 0 amide bonds. The van der Waals surface area contributed by atoms with Crippen molar-refractivity contribution in [2.75, 3.05) is 32.7 Å². The largest absolute Gasteiger partial charge is 0.301 e. The predicted molar refractivity (Wildman–Crippen MR) is 76.8 cm³/mol. The number of rotatable bonds is 5. The summed E-state index contributed by atoms with van der Waals surface area (Å²) in [4.78, 5) is 5.64. The molecule has 18 heavy (non-hydrogen) atoms. The minimum atomic E-state index is 0.614. The maximum Gasteiger partial charge on any atom is 0.0365 e. The van der Waals surface area contributed by atoms with E-state index >= 15 is 0 Å². The number of hydrogen-bond acceptors (Lipinski definition) is 2.